The number of carbonyl (C=O) groups is 1. The number of phenols is 3. The van der Waals surface area contributed by atoms with E-state index < -0.39 is 66.0 Å². The van der Waals surface area contributed by atoms with Gasteiger partial charge in [-0.3, -0.25) is 9.59 Å². The molecule has 3 aromatic rings. The fraction of sp³-hybridized carbons (Fsp3) is 0.333. The molecule has 1 aliphatic heterocycles. The molecule has 5 atom stereocenters. The predicted molar refractivity (Wildman–Crippen MR) is 123 cm³/mol. The van der Waals surface area contributed by atoms with Crippen LogP contribution in [0.4, 0.5) is 0 Å². The molecule has 13 heteroatoms. The lowest BCUT2D eigenvalue weighted by molar-refractivity contribution is -0.278. The Kier molecular flexibility index (Phi) is 7.14. The standard InChI is InChI=1S/C24H24O13/c1-9(25)34-8-16-18(29)20(31)21(32)24(36-16)37-23-19(30)17-13(28)6-11(26)7-15(17)35-22(23)10-3-4-12(27)14(5-10)33-2/h3-7,16,18,20-21,24,26-29,31-32H,8H2,1-2H3/t16-,18+,20+,21-,24+/m0/s1. The van der Waals surface area contributed by atoms with Crippen molar-refractivity contribution in [2.75, 3.05) is 13.7 Å². The highest BCUT2D eigenvalue weighted by Gasteiger charge is 2.46. The Bertz CT molecular complexity index is 1380. The van der Waals surface area contributed by atoms with Crippen molar-refractivity contribution in [3.05, 3.63) is 40.6 Å². The van der Waals surface area contributed by atoms with Gasteiger partial charge in [-0.25, -0.2) is 0 Å². The molecule has 37 heavy (non-hydrogen) atoms. The molecule has 0 saturated carbocycles. The Morgan fingerprint density at radius 2 is 1.73 bits per heavy atom. The number of hydrogen-bond donors (Lipinski definition) is 6. The highest BCUT2D eigenvalue weighted by molar-refractivity contribution is 5.88. The average Bonchev–Trinajstić information content (AvgIpc) is 2.84. The summed E-state index contributed by atoms with van der Waals surface area (Å²) in [5.41, 5.74) is -1.01. The molecule has 2 heterocycles. The highest BCUT2D eigenvalue weighted by atomic mass is 16.7. The van der Waals surface area contributed by atoms with Gasteiger partial charge in [0.25, 0.3) is 0 Å². The van der Waals surface area contributed by atoms with Crippen molar-refractivity contribution in [2.45, 2.75) is 37.6 Å². The molecule has 1 saturated heterocycles. The maximum Gasteiger partial charge on any atom is 0.302 e. The number of hydrogen-bond acceptors (Lipinski definition) is 13. The van der Waals surface area contributed by atoms with Crippen molar-refractivity contribution >= 4 is 16.9 Å². The van der Waals surface area contributed by atoms with Crippen molar-refractivity contribution in [2.24, 2.45) is 0 Å². The minimum absolute atomic E-state index is 0.0129. The average molecular weight is 520 g/mol. The minimum Gasteiger partial charge on any atom is -0.508 e. The summed E-state index contributed by atoms with van der Waals surface area (Å²) in [6.07, 6.45) is -8.43. The van der Waals surface area contributed by atoms with Gasteiger partial charge in [0.1, 0.15) is 53.5 Å². The topological polar surface area (TPSA) is 206 Å². The minimum atomic E-state index is -1.87. The van der Waals surface area contributed by atoms with Crippen LogP contribution in [-0.4, -0.2) is 81.0 Å². The third-order valence-electron chi connectivity index (χ3n) is 5.71. The quantitative estimate of drug-likeness (QED) is 0.243. The number of ether oxygens (including phenoxy) is 4. The summed E-state index contributed by atoms with van der Waals surface area (Å²) in [5.74, 6) is -2.77. The van der Waals surface area contributed by atoms with E-state index in [1.807, 2.05) is 0 Å². The third kappa shape index (κ3) is 4.97. The summed E-state index contributed by atoms with van der Waals surface area (Å²) < 4.78 is 26.9. The molecular formula is C24H24O13. The number of aliphatic hydroxyl groups excluding tert-OH is 3. The molecule has 6 N–H and O–H groups in total. The Hall–Kier alpha value is -4.04. The van der Waals surface area contributed by atoms with E-state index in [9.17, 15) is 40.2 Å². The van der Waals surface area contributed by atoms with Gasteiger partial charge in [0.2, 0.25) is 17.5 Å². The van der Waals surface area contributed by atoms with Crippen molar-refractivity contribution in [3.63, 3.8) is 0 Å². The number of rotatable bonds is 6. The van der Waals surface area contributed by atoms with Gasteiger partial charge in [-0.15, -0.1) is 0 Å². The number of aliphatic hydroxyl groups is 3. The first kappa shape index (κ1) is 26.0. The maximum atomic E-state index is 13.5. The smallest absolute Gasteiger partial charge is 0.302 e. The molecule has 0 aliphatic carbocycles. The van der Waals surface area contributed by atoms with Crippen LogP contribution in [0.2, 0.25) is 0 Å². The van der Waals surface area contributed by atoms with Gasteiger partial charge < -0.3 is 54.0 Å². The van der Waals surface area contributed by atoms with E-state index in [1.165, 1.54) is 25.3 Å². The van der Waals surface area contributed by atoms with Crippen molar-refractivity contribution in [3.8, 4) is 40.1 Å². The molecule has 2 aromatic carbocycles. The highest BCUT2D eigenvalue weighted by Crippen LogP contribution is 2.39. The van der Waals surface area contributed by atoms with Gasteiger partial charge in [-0.1, -0.05) is 0 Å². The summed E-state index contributed by atoms with van der Waals surface area (Å²) in [6, 6.07) is 5.92. The van der Waals surface area contributed by atoms with Crippen LogP contribution < -0.4 is 14.9 Å². The summed E-state index contributed by atoms with van der Waals surface area (Å²) in [7, 11) is 1.30. The van der Waals surface area contributed by atoms with Crippen LogP contribution in [0.1, 0.15) is 6.92 Å². The largest absolute Gasteiger partial charge is 0.508 e. The van der Waals surface area contributed by atoms with E-state index in [-0.39, 0.29) is 33.8 Å². The van der Waals surface area contributed by atoms with Crippen LogP contribution in [0.15, 0.2) is 39.5 Å². The van der Waals surface area contributed by atoms with Crippen molar-refractivity contribution in [1.29, 1.82) is 0 Å². The first-order chi connectivity index (χ1) is 17.5. The van der Waals surface area contributed by atoms with Crippen LogP contribution in [0.3, 0.4) is 0 Å². The van der Waals surface area contributed by atoms with Gasteiger partial charge in [0.05, 0.1) is 7.11 Å². The van der Waals surface area contributed by atoms with Gasteiger partial charge in [0.15, 0.2) is 17.3 Å². The van der Waals surface area contributed by atoms with Crippen molar-refractivity contribution in [1.82, 2.24) is 0 Å². The molecule has 1 aromatic heterocycles. The summed E-state index contributed by atoms with van der Waals surface area (Å²) in [5, 5.41) is 60.8. The molecule has 4 rings (SSSR count). The number of benzene rings is 2. The number of phenolic OH excluding ortho intramolecular Hbond substituents is 3. The lowest BCUT2D eigenvalue weighted by atomic mass is 9.99. The first-order valence-corrected chi connectivity index (χ1v) is 10.9. The van der Waals surface area contributed by atoms with E-state index in [2.05, 4.69) is 0 Å². The molecule has 1 fully saturated rings. The van der Waals surface area contributed by atoms with Gasteiger partial charge in [0, 0.05) is 24.6 Å². The second kappa shape index (κ2) is 10.1. The van der Waals surface area contributed by atoms with Crippen LogP contribution in [-0.2, 0) is 14.3 Å². The Labute approximate surface area is 208 Å². The second-order valence-electron chi connectivity index (χ2n) is 8.25. The Balaban J connectivity index is 1.85. The monoisotopic (exact) mass is 520 g/mol. The van der Waals surface area contributed by atoms with Gasteiger partial charge >= 0.3 is 5.97 Å². The zero-order chi connectivity index (χ0) is 27.0. The van der Waals surface area contributed by atoms with E-state index in [1.54, 1.807) is 0 Å². The summed E-state index contributed by atoms with van der Waals surface area (Å²) >= 11 is 0. The van der Waals surface area contributed by atoms with Crippen LogP contribution in [0, 0.1) is 0 Å². The first-order valence-electron chi connectivity index (χ1n) is 10.9. The van der Waals surface area contributed by atoms with Crippen LogP contribution >= 0.6 is 0 Å². The van der Waals surface area contributed by atoms with Gasteiger partial charge in [-0.05, 0) is 18.2 Å². The summed E-state index contributed by atoms with van der Waals surface area (Å²) in [6.45, 7) is 0.631. The molecule has 0 bridgehead atoms. The van der Waals surface area contributed by atoms with E-state index in [0.29, 0.717) is 0 Å². The molecule has 13 nitrogen and oxygen atoms in total. The number of methoxy groups -OCH3 is 1. The lowest BCUT2D eigenvalue weighted by Gasteiger charge is -2.39. The number of esters is 1. The zero-order valence-electron chi connectivity index (χ0n) is 19.5. The molecule has 0 amide bonds. The number of aromatic hydroxyl groups is 3. The fourth-order valence-corrected chi connectivity index (χ4v) is 3.85. The fourth-order valence-electron chi connectivity index (χ4n) is 3.85. The second-order valence-corrected chi connectivity index (χ2v) is 8.25. The number of carbonyl (C=O) groups excluding carboxylic acids is 1. The molecule has 198 valence electrons. The lowest BCUT2D eigenvalue weighted by Crippen LogP contribution is -2.60. The Morgan fingerprint density at radius 1 is 1.00 bits per heavy atom. The number of fused-ring (bicyclic) bond motifs is 1. The van der Waals surface area contributed by atoms with Crippen molar-refractivity contribution < 1.29 is 58.8 Å². The van der Waals surface area contributed by atoms with E-state index in [4.69, 9.17) is 23.4 Å². The zero-order valence-corrected chi connectivity index (χ0v) is 19.5. The van der Waals surface area contributed by atoms with Crippen LogP contribution in [0.5, 0.6) is 28.7 Å². The van der Waals surface area contributed by atoms with Gasteiger partial charge in [-0.2, -0.15) is 0 Å². The Morgan fingerprint density at radius 3 is 2.41 bits per heavy atom. The molecule has 0 radical (unpaired) electrons. The van der Waals surface area contributed by atoms with Crippen LogP contribution in [0.25, 0.3) is 22.3 Å². The normalized spacial score (nSPS) is 23.5. The maximum absolute atomic E-state index is 13.5. The molecular weight excluding hydrogens is 496 g/mol. The molecule has 0 unspecified atom stereocenters. The summed E-state index contributed by atoms with van der Waals surface area (Å²) in [4.78, 5) is 24.7. The third-order valence-corrected chi connectivity index (χ3v) is 5.71. The van der Waals surface area contributed by atoms with E-state index >= 15 is 0 Å². The van der Waals surface area contributed by atoms with E-state index in [0.717, 1.165) is 19.1 Å². The molecule has 0 spiro atoms. The predicted octanol–water partition coefficient (Wildman–Crippen LogP) is 0.335. The SMILES string of the molecule is COc1cc(-c2oc3cc(O)cc(O)c3c(=O)c2O[C@H]2O[C@@H](COC(C)=O)[C@@H](O)[C@@H](O)[C@@H]2O)ccc1O. The molecule has 1 aliphatic rings.